The Bertz CT molecular complexity index is 2260. The number of hydrogen-bond acceptors (Lipinski definition) is 2. The zero-order valence-electron chi connectivity index (χ0n) is 29.4. The van der Waals surface area contributed by atoms with Crippen LogP contribution < -0.4 is 9.80 Å². The third kappa shape index (κ3) is 5.43. The van der Waals surface area contributed by atoms with Crippen LogP contribution in [0.25, 0.3) is 11.1 Å². The summed E-state index contributed by atoms with van der Waals surface area (Å²) in [7, 11) is 0. The van der Waals surface area contributed by atoms with Gasteiger partial charge in [-0.25, -0.2) is 0 Å². The number of benzene rings is 7. The molecular weight excluding hydrogens is 617 g/mol. The van der Waals surface area contributed by atoms with Gasteiger partial charge in [0.05, 0.1) is 11.4 Å². The van der Waals surface area contributed by atoms with Gasteiger partial charge in [-0.05, 0) is 134 Å². The van der Waals surface area contributed by atoms with E-state index in [0.717, 1.165) is 25.7 Å². The molecular formula is C49H42N2. The van der Waals surface area contributed by atoms with Gasteiger partial charge in [0.25, 0.3) is 0 Å². The maximum Gasteiger partial charge on any atom is 0.0505 e. The van der Waals surface area contributed by atoms with E-state index in [1.165, 1.54) is 78.6 Å². The first-order valence-corrected chi connectivity index (χ1v) is 18.3. The molecule has 0 aromatic heterocycles. The second-order valence-electron chi connectivity index (χ2n) is 14.3. The molecule has 7 aromatic carbocycles. The van der Waals surface area contributed by atoms with Crippen molar-refractivity contribution in [3.05, 3.63) is 203 Å². The van der Waals surface area contributed by atoms with E-state index in [2.05, 4.69) is 194 Å². The summed E-state index contributed by atoms with van der Waals surface area (Å²) in [6, 6.07) is 62.7. The van der Waals surface area contributed by atoms with Crippen LogP contribution in [-0.4, -0.2) is 0 Å². The number of hydrogen-bond donors (Lipinski definition) is 0. The topological polar surface area (TPSA) is 6.48 Å². The fourth-order valence-corrected chi connectivity index (χ4v) is 9.04. The SMILES string of the molecule is Cc1cc(C)cc(-c2ccc(N(c3ccccc3)c3cccc4c3[C@]3(CCc5cccc(N(c6ccccc6)c6ccccc6)c53)CC4)cc2)c1. The van der Waals surface area contributed by atoms with Gasteiger partial charge >= 0.3 is 0 Å². The van der Waals surface area contributed by atoms with Gasteiger partial charge in [-0.3, -0.25) is 0 Å². The highest BCUT2D eigenvalue weighted by Crippen LogP contribution is 2.59. The predicted octanol–water partition coefficient (Wildman–Crippen LogP) is 13.1. The first-order valence-electron chi connectivity index (χ1n) is 18.3. The molecule has 0 N–H and O–H groups in total. The molecule has 248 valence electrons. The van der Waals surface area contributed by atoms with Gasteiger partial charge in [0.2, 0.25) is 0 Å². The molecule has 0 amide bonds. The van der Waals surface area contributed by atoms with Crippen molar-refractivity contribution in [2.75, 3.05) is 9.80 Å². The molecule has 0 bridgehead atoms. The Kier molecular flexibility index (Phi) is 7.81. The first kappa shape index (κ1) is 31.1. The van der Waals surface area contributed by atoms with E-state index in [0.29, 0.717) is 0 Å². The van der Waals surface area contributed by atoms with Crippen LogP contribution in [-0.2, 0) is 18.3 Å². The Morgan fingerprint density at radius 2 is 0.804 bits per heavy atom. The fourth-order valence-electron chi connectivity index (χ4n) is 9.04. The maximum absolute atomic E-state index is 2.50. The molecule has 0 radical (unpaired) electrons. The summed E-state index contributed by atoms with van der Waals surface area (Å²) in [6.07, 6.45) is 4.36. The first-order chi connectivity index (χ1) is 25.1. The molecule has 0 unspecified atom stereocenters. The molecule has 0 heterocycles. The van der Waals surface area contributed by atoms with Crippen LogP contribution in [0.15, 0.2) is 170 Å². The Morgan fingerprint density at radius 1 is 0.392 bits per heavy atom. The van der Waals surface area contributed by atoms with Gasteiger partial charge < -0.3 is 9.80 Å². The molecule has 9 rings (SSSR count). The summed E-state index contributed by atoms with van der Waals surface area (Å²) in [5, 5.41) is 0. The molecule has 0 saturated carbocycles. The lowest BCUT2D eigenvalue weighted by molar-refractivity contribution is 0.508. The third-order valence-electron chi connectivity index (χ3n) is 11.1. The van der Waals surface area contributed by atoms with Crippen molar-refractivity contribution in [2.45, 2.75) is 44.9 Å². The molecule has 7 aromatic rings. The molecule has 2 aliphatic rings. The van der Waals surface area contributed by atoms with Crippen LogP contribution in [0.3, 0.4) is 0 Å². The van der Waals surface area contributed by atoms with Crippen LogP contribution in [0, 0.1) is 13.8 Å². The standard InChI is InChI=1S/C49H42N2/c1-35-32-36(2)34-40(33-35)37-24-26-44(27-25-37)51(43-20-10-5-11-21-43)46-23-13-15-39-29-31-49(48(39)46)30-28-38-14-12-22-45(47(38)49)50(41-16-6-3-7-17-41)42-18-8-4-9-19-42/h3-27,32-34H,28-31H2,1-2H3/t49-/m1/s1. The van der Waals surface area contributed by atoms with Gasteiger partial charge in [-0.2, -0.15) is 0 Å². The average molecular weight is 659 g/mol. The predicted molar refractivity (Wildman–Crippen MR) is 215 cm³/mol. The lowest BCUT2D eigenvalue weighted by Gasteiger charge is -2.37. The van der Waals surface area contributed by atoms with E-state index in [4.69, 9.17) is 0 Å². The van der Waals surface area contributed by atoms with Gasteiger partial charge in [0.15, 0.2) is 0 Å². The summed E-state index contributed by atoms with van der Waals surface area (Å²) in [6.45, 7) is 4.36. The van der Waals surface area contributed by atoms with Crippen molar-refractivity contribution in [1.82, 2.24) is 0 Å². The number of nitrogens with zero attached hydrogens (tertiary/aromatic N) is 2. The highest BCUT2D eigenvalue weighted by Gasteiger charge is 2.49. The smallest absolute Gasteiger partial charge is 0.0505 e. The van der Waals surface area contributed by atoms with Crippen molar-refractivity contribution in [3.63, 3.8) is 0 Å². The van der Waals surface area contributed by atoms with Crippen LogP contribution >= 0.6 is 0 Å². The van der Waals surface area contributed by atoms with Gasteiger partial charge in [0, 0.05) is 28.2 Å². The van der Waals surface area contributed by atoms with E-state index in [1.54, 1.807) is 0 Å². The largest absolute Gasteiger partial charge is 0.310 e. The number of anilines is 6. The molecule has 51 heavy (non-hydrogen) atoms. The molecule has 0 aliphatic heterocycles. The average Bonchev–Trinajstić information content (AvgIpc) is 3.75. The lowest BCUT2D eigenvalue weighted by Crippen LogP contribution is -2.27. The monoisotopic (exact) mass is 658 g/mol. The molecule has 0 fully saturated rings. The van der Waals surface area contributed by atoms with Crippen LogP contribution in [0.5, 0.6) is 0 Å². The van der Waals surface area contributed by atoms with Crippen molar-refractivity contribution < 1.29 is 0 Å². The minimum absolute atomic E-state index is 0.105. The third-order valence-corrected chi connectivity index (χ3v) is 11.1. The zero-order valence-corrected chi connectivity index (χ0v) is 29.4. The highest BCUT2D eigenvalue weighted by atomic mass is 15.2. The second-order valence-corrected chi connectivity index (χ2v) is 14.3. The minimum atomic E-state index is -0.105. The summed E-state index contributed by atoms with van der Waals surface area (Å²) >= 11 is 0. The van der Waals surface area contributed by atoms with Crippen LogP contribution in [0.1, 0.15) is 46.2 Å². The van der Waals surface area contributed by atoms with Crippen molar-refractivity contribution in [3.8, 4) is 11.1 Å². The Labute approximate surface area is 302 Å². The molecule has 0 saturated heterocycles. The van der Waals surface area contributed by atoms with Gasteiger partial charge in [0.1, 0.15) is 0 Å². The van der Waals surface area contributed by atoms with E-state index in [-0.39, 0.29) is 5.41 Å². The number of rotatable bonds is 7. The van der Waals surface area contributed by atoms with Gasteiger partial charge in [-0.1, -0.05) is 120 Å². The van der Waals surface area contributed by atoms with E-state index < -0.39 is 0 Å². The van der Waals surface area contributed by atoms with Crippen molar-refractivity contribution in [2.24, 2.45) is 0 Å². The molecule has 1 spiro atoms. The minimum Gasteiger partial charge on any atom is -0.310 e. The van der Waals surface area contributed by atoms with E-state index >= 15 is 0 Å². The quantitative estimate of drug-likeness (QED) is 0.168. The maximum atomic E-state index is 2.50. The normalized spacial score (nSPS) is 15.8. The van der Waals surface area contributed by atoms with Crippen LogP contribution in [0.4, 0.5) is 34.1 Å². The molecule has 2 aliphatic carbocycles. The summed E-state index contributed by atoms with van der Waals surface area (Å²) in [5.74, 6) is 0. The lowest BCUT2D eigenvalue weighted by atomic mass is 9.74. The van der Waals surface area contributed by atoms with Gasteiger partial charge in [-0.15, -0.1) is 0 Å². The zero-order chi connectivity index (χ0) is 34.4. The summed E-state index contributed by atoms with van der Waals surface area (Å²) in [5.41, 5.74) is 18.2. The molecule has 1 atom stereocenters. The number of para-hydroxylation sites is 3. The van der Waals surface area contributed by atoms with Crippen molar-refractivity contribution in [1.29, 1.82) is 0 Å². The summed E-state index contributed by atoms with van der Waals surface area (Å²) in [4.78, 5) is 4.98. The Morgan fingerprint density at radius 3 is 1.24 bits per heavy atom. The Hall–Kier alpha value is -5.86. The number of aryl methyl sites for hydroxylation is 4. The second kappa shape index (κ2) is 12.8. The van der Waals surface area contributed by atoms with Crippen molar-refractivity contribution >= 4 is 34.1 Å². The summed E-state index contributed by atoms with van der Waals surface area (Å²) < 4.78 is 0. The van der Waals surface area contributed by atoms with E-state index in [9.17, 15) is 0 Å². The molecule has 2 heteroatoms. The van der Waals surface area contributed by atoms with E-state index in [1.807, 2.05) is 0 Å². The van der Waals surface area contributed by atoms with Crippen LogP contribution in [0.2, 0.25) is 0 Å². The number of fused-ring (bicyclic) bond motifs is 4. The fraction of sp³-hybridized carbons (Fsp3) is 0.143. The molecule has 2 nitrogen and oxygen atoms in total. The highest BCUT2D eigenvalue weighted by molar-refractivity contribution is 5.86. The Balaban J connectivity index is 1.23.